The number of hydrogen-bond donors (Lipinski definition) is 1. The molecule has 1 atom stereocenters. The van der Waals surface area contributed by atoms with E-state index >= 15 is 0 Å². The zero-order valence-electron chi connectivity index (χ0n) is 19.3. The first kappa shape index (κ1) is 26.4. The van der Waals surface area contributed by atoms with Crippen molar-refractivity contribution in [2.75, 3.05) is 31.2 Å². The molecule has 0 aliphatic carbocycles. The van der Waals surface area contributed by atoms with Crippen molar-refractivity contribution < 1.29 is 23.0 Å². The van der Waals surface area contributed by atoms with Gasteiger partial charge in [-0.15, -0.1) is 12.4 Å². The van der Waals surface area contributed by atoms with Crippen LogP contribution in [-0.4, -0.2) is 32.2 Å². The van der Waals surface area contributed by atoms with E-state index in [-0.39, 0.29) is 49.7 Å². The number of nitrogens with zero attached hydrogens (tertiary/aromatic N) is 1. The van der Waals surface area contributed by atoms with Gasteiger partial charge in [0.15, 0.2) is 11.6 Å². The monoisotopic (exact) mass is 502 g/mol. The molecular weight excluding hydrogens is 474 g/mol. The van der Waals surface area contributed by atoms with Gasteiger partial charge >= 0.3 is 0 Å². The van der Waals surface area contributed by atoms with Crippen LogP contribution in [0.5, 0.6) is 11.5 Å². The van der Waals surface area contributed by atoms with Gasteiger partial charge in [-0.05, 0) is 60.7 Å². The quantitative estimate of drug-likeness (QED) is 0.421. The Morgan fingerprint density at radius 1 is 1.00 bits per heavy atom. The summed E-state index contributed by atoms with van der Waals surface area (Å²) >= 11 is 0. The van der Waals surface area contributed by atoms with Crippen LogP contribution >= 0.6 is 12.4 Å². The molecule has 1 heterocycles. The summed E-state index contributed by atoms with van der Waals surface area (Å²) < 4.78 is 37.5. The Morgan fingerprint density at radius 2 is 1.74 bits per heavy atom. The molecule has 8 heteroatoms. The number of carbonyl (C=O) groups excluding carboxylic acids is 1. The Kier molecular flexibility index (Phi) is 9.46. The lowest BCUT2D eigenvalue weighted by Crippen LogP contribution is -2.42. The number of aryl methyl sites for hydroxylation is 1. The topological polar surface area (TPSA) is 64.8 Å². The summed E-state index contributed by atoms with van der Waals surface area (Å²) in [4.78, 5) is 15.1. The van der Waals surface area contributed by atoms with Crippen molar-refractivity contribution in [3.05, 3.63) is 89.5 Å². The summed E-state index contributed by atoms with van der Waals surface area (Å²) in [6.45, 7) is 1.30. The van der Waals surface area contributed by atoms with Gasteiger partial charge in [-0.1, -0.05) is 30.3 Å². The van der Waals surface area contributed by atoms with E-state index in [9.17, 15) is 13.6 Å². The molecule has 5 nitrogen and oxygen atoms in total. The molecule has 0 spiro atoms. The SMILES string of the molecule is Cl.NCC(Cc1ccc(OCCOc2ccc(F)cc2F)cc1)C(=O)N1CCCc2ccccc21. The number of halogens is 3. The maximum Gasteiger partial charge on any atom is 0.231 e. The Morgan fingerprint density at radius 3 is 2.49 bits per heavy atom. The summed E-state index contributed by atoms with van der Waals surface area (Å²) in [7, 11) is 0. The molecule has 1 amide bonds. The lowest BCUT2D eigenvalue weighted by Gasteiger charge is -2.32. The van der Waals surface area contributed by atoms with Gasteiger partial charge in [-0.2, -0.15) is 0 Å². The number of amides is 1. The molecule has 1 aliphatic heterocycles. The Balaban J connectivity index is 0.00000342. The standard InChI is InChI=1S/C27H28F2N2O3.ClH/c28-22-9-12-26(24(29)17-22)34-15-14-33-23-10-7-19(8-11-23)16-21(18-30)27(32)31-13-3-5-20-4-1-2-6-25(20)31;/h1-2,4,6-12,17,21H,3,5,13-16,18,30H2;1H. The van der Waals surface area contributed by atoms with Gasteiger partial charge in [0.2, 0.25) is 5.91 Å². The summed E-state index contributed by atoms with van der Waals surface area (Å²) in [5.41, 5.74) is 9.17. The second-order valence-corrected chi connectivity index (χ2v) is 8.27. The molecule has 0 saturated heterocycles. The van der Waals surface area contributed by atoms with Crippen LogP contribution in [0.15, 0.2) is 66.7 Å². The first-order chi connectivity index (χ1) is 16.5. The third-order valence-corrected chi connectivity index (χ3v) is 5.92. The summed E-state index contributed by atoms with van der Waals surface area (Å²) in [5.74, 6) is -1.04. The van der Waals surface area contributed by atoms with Crippen molar-refractivity contribution in [2.24, 2.45) is 11.7 Å². The van der Waals surface area contributed by atoms with Crippen molar-refractivity contribution in [3.63, 3.8) is 0 Å². The number of carbonyl (C=O) groups is 1. The molecule has 3 aromatic carbocycles. The first-order valence-corrected chi connectivity index (χ1v) is 11.4. The minimum Gasteiger partial charge on any atom is -0.490 e. The molecule has 0 bridgehead atoms. The normalized spacial score (nSPS) is 13.4. The van der Waals surface area contributed by atoms with E-state index in [0.717, 1.165) is 36.2 Å². The van der Waals surface area contributed by atoms with E-state index < -0.39 is 11.6 Å². The number of ether oxygens (including phenoxy) is 2. The van der Waals surface area contributed by atoms with Crippen molar-refractivity contribution in [1.29, 1.82) is 0 Å². The van der Waals surface area contributed by atoms with E-state index in [2.05, 4.69) is 6.07 Å². The molecule has 1 unspecified atom stereocenters. The van der Waals surface area contributed by atoms with Crippen molar-refractivity contribution in [1.82, 2.24) is 0 Å². The van der Waals surface area contributed by atoms with E-state index in [1.54, 1.807) is 0 Å². The fourth-order valence-corrected chi connectivity index (χ4v) is 4.16. The molecule has 1 aliphatic rings. The Bertz CT molecular complexity index is 1130. The Hall–Kier alpha value is -3.16. The fourth-order valence-electron chi connectivity index (χ4n) is 4.16. The van der Waals surface area contributed by atoms with Crippen LogP contribution in [0.1, 0.15) is 17.5 Å². The minimum absolute atomic E-state index is 0. The average Bonchev–Trinajstić information content (AvgIpc) is 2.86. The largest absolute Gasteiger partial charge is 0.490 e. The maximum atomic E-state index is 13.6. The molecule has 186 valence electrons. The summed E-state index contributed by atoms with van der Waals surface area (Å²) in [6, 6.07) is 18.7. The van der Waals surface area contributed by atoms with Gasteiger partial charge in [0, 0.05) is 24.8 Å². The molecule has 2 N–H and O–H groups in total. The van der Waals surface area contributed by atoms with Crippen molar-refractivity contribution in [3.8, 4) is 11.5 Å². The number of para-hydroxylation sites is 1. The fraction of sp³-hybridized carbons (Fsp3) is 0.296. The third kappa shape index (κ3) is 6.71. The molecule has 3 aromatic rings. The molecular formula is C27H29ClF2N2O3. The first-order valence-electron chi connectivity index (χ1n) is 11.4. The van der Waals surface area contributed by atoms with Crippen molar-refractivity contribution >= 4 is 24.0 Å². The Labute approximate surface area is 210 Å². The zero-order chi connectivity index (χ0) is 23.9. The van der Waals surface area contributed by atoms with Crippen LogP contribution in [0.3, 0.4) is 0 Å². The predicted molar refractivity (Wildman–Crippen MR) is 134 cm³/mol. The lowest BCUT2D eigenvalue weighted by atomic mass is 9.95. The van der Waals surface area contributed by atoms with Gasteiger partial charge in [-0.25, -0.2) is 8.78 Å². The van der Waals surface area contributed by atoms with Crippen LogP contribution in [0.2, 0.25) is 0 Å². The van der Waals surface area contributed by atoms with Crippen LogP contribution < -0.4 is 20.1 Å². The average molecular weight is 503 g/mol. The van der Waals surface area contributed by atoms with Crippen LogP contribution in [0, 0.1) is 17.6 Å². The molecule has 0 aromatic heterocycles. The van der Waals surface area contributed by atoms with Crippen LogP contribution in [0.25, 0.3) is 0 Å². The second-order valence-electron chi connectivity index (χ2n) is 8.27. The van der Waals surface area contributed by atoms with Gasteiger partial charge in [0.25, 0.3) is 0 Å². The van der Waals surface area contributed by atoms with Crippen LogP contribution in [-0.2, 0) is 17.6 Å². The molecule has 4 rings (SSSR count). The van der Waals surface area contributed by atoms with Gasteiger partial charge in [0.05, 0.1) is 5.92 Å². The van der Waals surface area contributed by atoms with Crippen molar-refractivity contribution in [2.45, 2.75) is 19.3 Å². The maximum absolute atomic E-state index is 13.6. The van der Waals surface area contributed by atoms with Gasteiger partial charge in [0.1, 0.15) is 24.8 Å². The van der Waals surface area contributed by atoms with E-state index in [1.807, 2.05) is 47.4 Å². The van der Waals surface area contributed by atoms with Crippen LogP contribution in [0.4, 0.5) is 14.5 Å². The van der Waals surface area contributed by atoms with Gasteiger partial charge < -0.3 is 20.1 Å². The van der Waals surface area contributed by atoms with E-state index in [1.165, 1.54) is 11.6 Å². The zero-order valence-corrected chi connectivity index (χ0v) is 20.1. The number of anilines is 1. The molecule has 0 fully saturated rings. The highest BCUT2D eigenvalue weighted by Gasteiger charge is 2.28. The number of rotatable bonds is 9. The van der Waals surface area contributed by atoms with E-state index in [4.69, 9.17) is 15.2 Å². The third-order valence-electron chi connectivity index (χ3n) is 5.92. The summed E-state index contributed by atoms with van der Waals surface area (Å²) in [6.07, 6.45) is 2.48. The molecule has 0 saturated carbocycles. The smallest absolute Gasteiger partial charge is 0.231 e. The highest BCUT2D eigenvalue weighted by atomic mass is 35.5. The molecule has 35 heavy (non-hydrogen) atoms. The number of nitrogens with two attached hydrogens (primary N) is 1. The summed E-state index contributed by atoms with van der Waals surface area (Å²) in [5, 5.41) is 0. The minimum atomic E-state index is -0.749. The number of hydrogen-bond acceptors (Lipinski definition) is 4. The highest BCUT2D eigenvalue weighted by molar-refractivity contribution is 5.96. The number of fused-ring (bicyclic) bond motifs is 1. The predicted octanol–water partition coefficient (Wildman–Crippen LogP) is 4.94. The lowest BCUT2D eigenvalue weighted by molar-refractivity contribution is -0.122. The highest BCUT2D eigenvalue weighted by Crippen LogP contribution is 2.28. The molecule has 0 radical (unpaired) electrons. The van der Waals surface area contributed by atoms with E-state index in [0.29, 0.717) is 18.7 Å². The van der Waals surface area contributed by atoms with Gasteiger partial charge in [-0.3, -0.25) is 4.79 Å². The second kappa shape index (κ2) is 12.5. The number of benzene rings is 3.